The van der Waals surface area contributed by atoms with Crippen LogP contribution in [0.3, 0.4) is 0 Å². The predicted octanol–water partition coefficient (Wildman–Crippen LogP) is 2.04. The van der Waals surface area contributed by atoms with E-state index in [2.05, 4.69) is 10.0 Å². The third-order valence-corrected chi connectivity index (χ3v) is 3.15. The van der Waals surface area contributed by atoms with Gasteiger partial charge in [-0.2, -0.15) is 0 Å². The first kappa shape index (κ1) is 15.5. The Bertz CT molecular complexity index is 541. The summed E-state index contributed by atoms with van der Waals surface area (Å²) in [6.45, 7) is 3.81. The Morgan fingerprint density at radius 3 is 2.63 bits per heavy atom. The zero-order valence-corrected chi connectivity index (χ0v) is 12.3. The normalized spacial score (nSPS) is 12.8. The Morgan fingerprint density at radius 1 is 1.37 bits per heavy atom. The Kier molecular flexibility index (Phi) is 5.35. The Balaban J connectivity index is 2.78. The summed E-state index contributed by atoms with van der Waals surface area (Å²) in [5, 5.41) is 2.87. The van der Waals surface area contributed by atoms with Crippen LogP contribution in [0.1, 0.15) is 38.3 Å². The average molecular weight is 284 g/mol. The van der Waals surface area contributed by atoms with Gasteiger partial charge in [-0.1, -0.05) is 19.1 Å². The molecular weight excluding hydrogens is 264 g/mol. The first-order chi connectivity index (χ1) is 8.81. The summed E-state index contributed by atoms with van der Waals surface area (Å²) in [4.78, 5) is 11.5. The van der Waals surface area contributed by atoms with E-state index in [0.717, 1.165) is 18.2 Å². The molecule has 106 valence electrons. The van der Waals surface area contributed by atoms with Gasteiger partial charge in [0.25, 0.3) is 0 Å². The molecule has 0 fully saturated rings. The fraction of sp³-hybridized carbons (Fsp3) is 0.462. The van der Waals surface area contributed by atoms with Gasteiger partial charge in [0.1, 0.15) is 0 Å². The first-order valence-electron chi connectivity index (χ1n) is 6.19. The molecule has 1 rings (SSSR count). The van der Waals surface area contributed by atoms with Crippen LogP contribution in [0.25, 0.3) is 0 Å². The summed E-state index contributed by atoms with van der Waals surface area (Å²) in [7, 11) is -3.29. The molecule has 0 bridgehead atoms. The monoisotopic (exact) mass is 284 g/mol. The molecule has 1 unspecified atom stereocenters. The second kappa shape index (κ2) is 6.56. The number of nitrogens with one attached hydrogen (secondary N) is 2. The van der Waals surface area contributed by atoms with Crippen molar-refractivity contribution in [1.82, 2.24) is 5.32 Å². The summed E-state index contributed by atoms with van der Waals surface area (Å²) < 4.78 is 24.7. The number of hydrogen-bond donors (Lipinski definition) is 2. The molecule has 5 nitrogen and oxygen atoms in total. The number of amides is 1. The van der Waals surface area contributed by atoms with E-state index in [-0.39, 0.29) is 11.9 Å². The van der Waals surface area contributed by atoms with Crippen molar-refractivity contribution in [3.63, 3.8) is 0 Å². The van der Waals surface area contributed by atoms with Crippen LogP contribution < -0.4 is 10.0 Å². The van der Waals surface area contributed by atoms with E-state index in [1.165, 1.54) is 0 Å². The topological polar surface area (TPSA) is 75.3 Å². The summed E-state index contributed by atoms with van der Waals surface area (Å²) >= 11 is 0. The van der Waals surface area contributed by atoms with E-state index in [1.807, 2.05) is 19.9 Å². The molecule has 19 heavy (non-hydrogen) atoms. The molecule has 0 aliphatic carbocycles. The van der Waals surface area contributed by atoms with Gasteiger partial charge in [0.15, 0.2) is 0 Å². The maximum Gasteiger partial charge on any atom is 0.229 e. The largest absolute Gasteiger partial charge is 0.350 e. The van der Waals surface area contributed by atoms with Crippen LogP contribution in [0.4, 0.5) is 5.69 Å². The molecule has 6 heteroatoms. The molecule has 0 aromatic heterocycles. The predicted molar refractivity (Wildman–Crippen MR) is 76.4 cm³/mol. The number of carbonyl (C=O) groups excluding carboxylic acids is 1. The van der Waals surface area contributed by atoms with Gasteiger partial charge < -0.3 is 5.32 Å². The molecule has 0 saturated carbocycles. The minimum absolute atomic E-state index is 0.00326. The third kappa shape index (κ3) is 5.74. The van der Waals surface area contributed by atoms with E-state index >= 15 is 0 Å². The van der Waals surface area contributed by atoms with Gasteiger partial charge in [-0.05, 0) is 31.0 Å². The molecule has 0 spiro atoms. The molecule has 0 radical (unpaired) electrons. The van der Waals surface area contributed by atoms with E-state index in [0.29, 0.717) is 12.1 Å². The van der Waals surface area contributed by atoms with Crippen molar-refractivity contribution in [3.8, 4) is 0 Å². The molecule has 0 aliphatic heterocycles. The number of carbonyl (C=O) groups is 1. The molecular formula is C13H20N2O3S. The van der Waals surface area contributed by atoms with Gasteiger partial charge in [-0.3, -0.25) is 9.52 Å². The highest BCUT2D eigenvalue weighted by Crippen LogP contribution is 2.18. The maximum absolute atomic E-state index is 11.5. The second-order valence-electron chi connectivity index (χ2n) is 4.54. The summed E-state index contributed by atoms with van der Waals surface area (Å²) in [6, 6.07) is 6.85. The van der Waals surface area contributed by atoms with Crippen LogP contribution in [-0.2, 0) is 14.8 Å². The van der Waals surface area contributed by atoms with E-state index in [4.69, 9.17) is 0 Å². The molecule has 1 aromatic rings. The van der Waals surface area contributed by atoms with Crippen molar-refractivity contribution in [2.75, 3.05) is 11.0 Å². The fourth-order valence-corrected chi connectivity index (χ4v) is 2.26. The maximum atomic E-state index is 11.5. The van der Waals surface area contributed by atoms with Crippen LogP contribution in [-0.4, -0.2) is 20.6 Å². The molecule has 0 aliphatic rings. The number of benzene rings is 1. The molecule has 2 N–H and O–H groups in total. The number of hydrogen-bond acceptors (Lipinski definition) is 3. The number of sulfonamides is 1. The summed E-state index contributed by atoms with van der Waals surface area (Å²) in [5.41, 5.74) is 1.36. The number of anilines is 1. The van der Waals surface area contributed by atoms with Crippen LogP contribution >= 0.6 is 0 Å². The quantitative estimate of drug-likeness (QED) is 0.839. The van der Waals surface area contributed by atoms with Crippen LogP contribution in [0.15, 0.2) is 24.3 Å². The zero-order valence-electron chi connectivity index (χ0n) is 11.4. The summed E-state index contributed by atoms with van der Waals surface area (Å²) in [6.07, 6.45) is 2.39. The van der Waals surface area contributed by atoms with Crippen molar-refractivity contribution in [2.24, 2.45) is 0 Å². The van der Waals surface area contributed by atoms with Gasteiger partial charge in [0.05, 0.1) is 12.3 Å². The summed E-state index contributed by atoms with van der Waals surface area (Å²) in [5.74, 6) is -0.00326. The molecule has 0 saturated heterocycles. The van der Waals surface area contributed by atoms with Crippen LogP contribution in [0.2, 0.25) is 0 Å². The first-order valence-corrected chi connectivity index (χ1v) is 8.08. The fourth-order valence-electron chi connectivity index (χ4n) is 1.71. The lowest BCUT2D eigenvalue weighted by molar-refractivity contribution is -0.121. The van der Waals surface area contributed by atoms with E-state index in [1.54, 1.807) is 18.2 Å². The highest BCUT2D eigenvalue weighted by Gasteiger charge is 2.10. The Labute approximate surface area is 114 Å². The van der Waals surface area contributed by atoms with Crippen molar-refractivity contribution < 1.29 is 13.2 Å². The van der Waals surface area contributed by atoms with E-state index < -0.39 is 10.0 Å². The smallest absolute Gasteiger partial charge is 0.229 e. The van der Waals surface area contributed by atoms with Crippen molar-refractivity contribution in [3.05, 3.63) is 29.8 Å². The highest BCUT2D eigenvalue weighted by molar-refractivity contribution is 7.92. The molecule has 1 atom stereocenters. The number of rotatable bonds is 6. The van der Waals surface area contributed by atoms with Crippen molar-refractivity contribution >= 4 is 21.6 Å². The molecule has 1 amide bonds. The lowest BCUT2D eigenvalue weighted by atomic mass is 10.1. The SMILES string of the molecule is CCCC(=O)NC(C)c1cccc(NS(C)(=O)=O)c1. The van der Waals surface area contributed by atoms with Gasteiger partial charge >= 0.3 is 0 Å². The standard InChI is InChI=1S/C13H20N2O3S/c1-4-6-13(16)14-10(2)11-7-5-8-12(9-11)15-19(3,17)18/h5,7-10,15H,4,6H2,1-3H3,(H,14,16). The van der Waals surface area contributed by atoms with E-state index in [9.17, 15) is 13.2 Å². The lowest BCUT2D eigenvalue weighted by Crippen LogP contribution is -2.26. The molecule has 0 heterocycles. The van der Waals surface area contributed by atoms with Crippen LogP contribution in [0, 0.1) is 0 Å². The Hall–Kier alpha value is -1.56. The molecule has 1 aromatic carbocycles. The second-order valence-corrected chi connectivity index (χ2v) is 6.29. The van der Waals surface area contributed by atoms with Gasteiger partial charge in [-0.25, -0.2) is 8.42 Å². The third-order valence-electron chi connectivity index (χ3n) is 2.54. The highest BCUT2D eigenvalue weighted by atomic mass is 32.2. The van der Waals surface area contributed by atoms with Gasteiger partial charge in [0.2, 0.25) is 15.9 Å². The van der Waals surface area contributed by atoms with Crippen molar-refractivity contribution in [2.45, 2.75) is 32.7 Å². The minimum Gasteiger partial charge on any atom is -0.350 e. The van der Waals surface area contributed by atoms with Gasteiger partial charge in [0, 0.05) is 12.1 Å². The van der Waals surface area contributed by atoms with Crippen LogP contribution in [0.5, 0.6) is 0 Å². The van der Waals surface area contributed by atoms with Gasteiger partial charge in [-0.15, -0.1) is 0 Å². The zero-order chi connectivity index (χ0) is 14.5. The minimum atomic E-state index is -3.29. The Morgan fingerprint density at radius 2 is 2.05 bits per heavy atom. The van der Waals surface area contributed by atoms with Crippen molar-refractivity contribution in [1.29, 1.82) is 0 Å². The average Bonchev–Trinajstić information content (AvgIpc) is 2.27. The lowest BCUT2D eigenvalue weighted by Gasteiger charge is -2.15.